The summed E-state index contributed by atoms with van der Waals surface area (Å²) in [5.74, 6) is 0.248. The Morgan fingerprint density at radius 1 is 1.05 bits per heavy atom. The Labute approximate surface area is 217 Å². The maximum absolute atomic E-state index is 12.6. The molecule has 2 aliphatic heterocycles. The number of carboxylic acid groups (broad SMARTS) is 1. The van der Waals surface area contributed by atoms with Crippen LogP contribution in [0, 0.1) is 5.41 Å². The summed E-state index contributed by atoms with van der Waals surface area (Å²) in [5, 5.41) is 9.37. The zero-order valence-electron chi connectivity index (χ0n) is 21.5. The molecule has 1 aromatic heterocycles. The quantitative estimate of drug-likeness (QED) is 0.591. The Balaban J connectivity index is 1.60. The Morgan fingerprint density at radius 3 is 2.27 bits per heavy atom. The number of hydrogen-bond acceptors (Lipinski definition) is 8. The van der Waals surface area contributed by atoms with Gasteiger partial charge < -0.3 is 24.5 Å². The molecule has 2 aromatic rings. The van der Waals surface area contributed by atoms with E-state index in [1.54, 1.807) is 4.90 Å². The number of aromatic nitrogens is 2. The van der Waals surface area contributed by atoms with Gasteiger partial charge in [-0.1, -0.05) is 51.1 Å². The molecule has 2 aliphatic rings. The molecule has 1 saturated heterocycles. The Kier molecular flexibility index (Phi) is 7.31. The van der Waals surface area contributed by atoms with Gasteiger partial charge in [0, 0.05) is 50.5 Å². The molecule has 1 unspecified atom stereocenters. The van der Waals surface area contributed by atoms with Gasteiger partial charge in [0.1, 0.15) is 12.4 Å². The molecule has 12 heteroatoms. The molecule has 11 nitrogen and oxygen atoms in total. The molecule has 3 heterocycles. The fourth-order valence-corrected chi connectivity index (χ4v) is 5.21. The molecule has 2 amide bonds. The van der Waals surface area contributed by atoms with Crippen molar-refractivity contribution in [1.82, 2.24) is 19.8 Å². The number of piperazine rings is 1. The molecule has 1 aromatic carbocycles. The maximum Gasteiger partial charge on any atom is 0.410 e. The van der Waals surface area contributed by atoms with Crippen molar-refractivity contribution in [1.29, 1.82) is 0 Å². The zero-order valence-corrected chi connectivity index (χ0v) is 22.4. The van der Waals surface area contributed by atoms with Crippen molar-refractivity contribution in [3.8, 4) is 0 Å². The smallest absolute Gasteiger partial charge is 0.410 e. The molecule has 0 bridgehead atoms. The monoisotopic (exact) mass is 531 g/mol. The third-order valence-corrected chi connectivity index (χ3v) is 7.61. The molecule has 1 N–H and O–H groups in total. The number of nitrogens with zero attached hydrogens (tertiary/aromatic N) is 5. The van der Waals surface area contributed by atoms with Crippen LogP contribution >= 0.6 is 0 Å². The zero-order chi connectivity index (χ0) is 27.0. The molecule has 37 heavy (non-hydrogen) atoms. The second-order valence-electron chi connectivity index (χ2n) is 10.6. The Hall–Kier alpha value is -3.41. The Bertz CT molecular complexity index is 1270. The minimum atomic E-state index is -3.75. The molecule has 0 saturated carbocycles. The standard InChI is InChI=1S/C25H33N5O6S/c1-25(2,3)18-14-30(23(31)32)15-19-20(18)21(27-22(26-19)37(4,34)35)28-10-12-29(13-11-28)24(33)36-16-17-8-6-5-7-9-17/h5-9,18H,10-16H2,1-4H3,(H,31,32). The van der Waals surface area contributed by atoms with E-state index in [-0.39, 0.29) is 36.2 Å². The fraction of sp³-hybridized carbons (Fsp3) is 0.520. The predicted molar refractivity (Wildman–Crippen MR) is 136 cm³/mol. The van der Waals surface area contributed by atoms with Gasteiger partial charge in [0.25, 0.3) is 0 Å². The second-order valence-corrected chi connectivity index (χ2v) is 12.5. The second kappa shape index (κ2) is 10.2. The lowest BCUT2D eigenvalue weighted by Crippen LogP contribution is -2.50. The maximum atomic E-state index is 12.6. The first kappa shape index (κ1) is 26.6. The van der Waals surface area contributed by atoms with Gasteiger partial charge in [-0.2, -0.15) is 0 Å². The van der Waals surface area contributed by atoms with Crippen LogP contribution in [0.4, 0.5) is 15.4 Å². The fourth-order valence-electron chi connectivity index (χ4n) is 4.69. The van der Waals surface area contributed by atoms with Crippen LogP contribution in [0.25, 0.3) is 0 Å². The van der Waals surface area contributed by atoms with Gasteiger partial charge in [0.2, 0.25) is 15.0 Å². The van der Waals surface area contributed by atoms with E-state index < -0.39 is 22.0 Å². The third kappa shape index (κ3) is 5.95. The van der Waals surface area contributed by atoms with Crippen molar-refractivity contribution >= 4 is 27.8 Å². The van der Waals surface area contributed by atoms with Gasteiger partial charge in [-0.15, -0.1) is 0 Å². The van der Waals surface area contributed by atoms with Crippen molar-refractivity contribution in [3.63, 3.8) is 0 Å². The van der Waals surface area contributed by atoms with Crippen molar-refractivity contribution < 1.29 is 27.9 Å². The lowest BCUT2D eigenvalue weighted by Gasteiger charge is -2.43. The summed E-state index contributed by atoms with van der Waals surface area (Å²) in [7, 11) is -3.75. The van der Waals surface area contributed by atoms with E-state index in [0.717, 1.165) is 17.4 Å². The minimum absolute atomic E-state index is 0.0128. The van der Waals surface area contributed by atoms with E-state index in [1.807, 2.05) is 56.0 Å². The van der Waals surface area contributed by atoms with Crippen molar-refractivity contribution in [2.24, 2.45) is 5.41 Å². The number of anilines is 1. The molecular weight excluding hydrogens is 498 g/mol. The largest absolute Gasteiger partial charge is 0.465 e. The number of ether oxygens (including phenoxy) is 1. The summed E-state index contributed by atoms with van der Waals surface area (Å²) in [6, 6.07) is 9.44. The van der Waals surface area contributed by atoms with E-state index in [0.29, 0.717) is 37.7 Å². The number of carbonyl (C=O) groups is 2. The minimum Gasteiger partial charge on any atom is -0.465 e. The van der Waals surface area contributed by atoms with Gasteiger partial charge in [-0.25, -0.2) is 28.0 Å². The molecule has 0 aliphatic carbocycles. The number of amides is 2. The Morgan fingerprint density at radius 2 is 1.70 bits per heavy atom. The molecule has 0 radical (unpaired) electrons. The molecular formula is C25H33N5O6S. The van der Waals surface area contributed by atoms with Gasteiger partial charge in [0.05, 0.1) is 12.2 Å². The first-order valence-corrected chi connectivity index (χ1v) is 14.0. The van der Waals surface area contributed by atoms with Gasteiger partial charge in [-0.3, -0.25) is 0 Å². The molecule has 1 atom stereocenters. The van der Waals surface area contributed by atoms with Crippen LogP contribution in [0.3, 0.4) is 0 Å². The summed E-state index contributed by atoms with van der Waals surface area (Å²) in [6.07, 6.45) is -0.448. The van der Waals surface area contributed by atoms with E-state index in [1.165, 1.54) is 4.90 Å². The molecule has 4 rings (SSSR count). The first-order chi connectivity index (χ1) is 17.3. The van der Waals surface area contributed by atoms with Crippen molar-refractivity contribution in [2.75, 3.05) is 43.9 Å². The summed E-state index contributed by atoms with van der Waals surface area (Å²) >= 11 is 0. The highest BCUT2D eigenvalue weighted by atomic mass is 32.2. The molecule has 1 fully saturated rings. The normalized spacial score (nSPS) is 18.4. The van der Waals surface area contributed by atoms with Crippen LogP contribution in [0.2, 0.25) is 0 Å². The van der Waals surface area contributed by atoms with E-state index in [2.05, 4.69) is 9.97 Å². The highest BCUT2D eigenvalue weighted by Gasteiger charge is 2.41. The van der Waals surface area contributed by atoms with Gasteiger partial charge in [0.15, 0.2) is 0 Å². The number of benzene rings is 1. The average molecular weight is 532 g/mol. The van der Waals surface area contributed by atoms with E-state index >= 15 is 0 Å². The predicted octanol–water partition coefficient (Wildman–Crippen LogP) is 2.96. The van der Waals surface area contributed by atoms with E-state index in [9.17, 15) is 23.1 Å². The number of rotatable bonds is 4. The highest BCUT2D eigenvalue weighted by molar-refractivity contribution is 7.90. The van der Waals surface area contributed by atoms with E-state index in [4.69, 9.17) is 4.74 Å². The summed E-state index contributed by atoms with van der Waals surface area (Å²) in [4.78, 5) is 38.1. The van der Waals surface area contributed by atoms with Crippen LogP contribution in [-0.4, -0.2) is 84.5 Å². The number of carbonyl (C=O) groups excluding carboxylic acids is 1. The lowest BCUT2D eigenvalue weighted by molar-refractivity contribution is 0.0940. The SMILES string of the molecule is CC(C)(C)C1CN(C(=O)O)Cc2nc(S(C)(=O)=O)nc(N3CCN(C(=O)OCc4ccccc4)CC3)c21. The van der Waals surface area contributed by atoms with Crippen LogP contribution in [-0.2, 0) is 27.7 Å². The third-order valence-electron chi connectivity index (χ3n) is 6.77. The lowest BCUT2D eigenvalue weighted by atomic mass is 9.74. The van der Waals surface area contributed by atoms with Crippen LogP contribution in [0.15, 0.2) is 35.5 Å². The molecule has 0 spiro atoms. The van der Waals surface area contributed by atoms with Crippen molar-refractivity contribution in [2.45, 2.75) is 45.0 Å². The number of sulfone groups is 1. The average Bonchev–Trinajstić information content (AvgIpc) is 2.85. The van der Waals surface area contributed by atoms with Gasteiger partial charge >= 0.3 is 12.2 Å². The van der Waals surface area contributed by atoms with Crippen LogP contribution in [0.1, 0.15) is 43.5 Å². The topological polar surface area (TPSA) is 133 Å². The number of hydrogen-bond donors (Lipinski definition) is 1. The van der Waals surface area contributed by atoms with Gasteiger partial charge in [-0.05, 0) is 11.0 Å². The summed E-state index contributed by atoms with van der Waals surface area (Å²) in [5.41, 5.74) is 1.75. The highest BCUT2D eigenvalue weighted by Crippen LogP contribution is 2.44. The summed E-state index contributed by atoms with van der Waals surface area (Å²) < 4.78 is 30.3. The number of fused-ring (bicyclic) bond motifs is 1. The van der Waals surface area contributed by atoms with Crippen LogP contribution < -0.4 is 4.90 Å². The first-order valence-electron chi connectivity index (χ1n) is 12.1. The van der Waals surface area contributed by atoms with Crippen molar-refractivity contribution in [3.05, 3.63) is 47.2 Å². The molecule has 200 valence electrons. The summed E-state index contributed by atoms with van der Waals surface area (Å²) in [6.45, 7) is 8.08. The van der Waals surface area contributed by atoms with Crippen LogP contribution in [0.5, 0.6) is 0 Å².